The average molecular weight is 236 g/mol. The van der Waals surface area contributed by atoms with Gasteiger partial charge in [0.25, 0.3) is 0 Å². The van der Waals surface area contributed by atoms with Gasteiger partial charge in [0.2, 0.25) is 0 Å². The summed E-state index contributed by atoms with van der Waals surface area (Å²) in [6, 6.07) is 0. The molecule has 0 aliphatic heterocycles. The second-order valence-electron chi connectivity index (χ2n) is 5.32. The molecule has 0 bridgehead atoms. The predicted octanol–water partition coefficient (Wildman–Crippen LogP) is 4.23. The summed E-state index contributed by atoms with van der Waals surface area (Å²) in [4.78, 5) is 10.6. The van der Waals surface area contributed by atoms with Gasteiger partial charge in [-0.3, -0.25) is 4.79 Å². The fourth-order valence-electron chi connectivity index (χ4n) is 2.33. The van der Waals surface area contributed by atoms with Crippen LogP contribution < -0.4 is 0 Å². The quantitative estimate of drug-likeness (QED) is 0.415. The maximum atomic E-state index is 10.6. The Balaban J connectivity index is 2.50. The van der Waals surface area contributed by atoms with Crippen LogP contribution in [-0.4, -0.2) is 5.97 Å². The van der Waals surface area contributed by atoms with Crippen LogP contribution in [0.2, 0.25) is 0 Å². The molecule has 0 spiro atoms. The fourth-order valence-corrected chi connectivity index (χ4v) is 2.33. The molecule has 2 heteroatoms. The first-order valence-electron chi connectivity index (χ1n) is 6.50. The lowest BCUT2D eigenvalue weighted by atomic mass is 9.78. The van der Waals surface area contributed by atoms with Crippen molar-refractivity contribution in [3.05, 3.63) is 23.5 Å². The molecule has 1 unspecified atom stereocenters. The minimum Gasteiger partial charge on any atom is -0.435 e. The van der Waals surface area contributed by atoms with Gasteiger partial charge >= 0.3 is 5.97 Å². The Morgan fingerprint density at radius 2 is 2.24 bits per heavy atom. The Morgan fingerprint density at radius 1 is 1.53 bits per heavy atom. The number of esters is 1. The molecule has 1 aliphatic rings. The van der Waals surface area contributed by atoms with Gasteiger partial charge in [-0.1, -0.05) is 25.0 Å². The van der Waals surface area contributed by atoms with E-state index < -0.39 is 0 Å². The predicted molar refractivity (Wildman–Crippen MR) is 70.4 cm³/mol. The molecule has 1 aliphatic carbocycles. The highest BCUT2D eigenvalue weighted by Gasteiger charge is 2.20. The highest BCUT2D eigenvalue weighted by atomic mass is 16.5. The molecule has 0 aromatic carbocycles. The molecule has 0 saturated carbocycles. The molecule has 1 atom stereocenters. The van der Waals surface area contributed by atoms with E-state index >= 15 is 0 Å². The lowest BCUT2D eigenvalue weighted by Crippen LogP contribution is -2.14. The first-order valence-corrected chi connectivity index (χ1v) is 6.50. The van der Waals surface area contributed by atoms with Gasteiger partial charge in [-0.05, 0) is 50.5 Å². The summed E-state index contributed by atoms with van der Waals surface area (Å²) < 4.78 is 4.80. The van der Waals surface area contributed by atoms with Crippen LogP contribution >= 0.6 is 0 Å². The van der Waals surface area contributed by atoms with E-state index in [1.807, 2.05) is 6.08 Å². The lowest BCUT2D eigenvalue weighted by Gasteiger charge is -2.28. The first kappa shape index (κ1) is 14.0. The number of hydrogen-bond donors (Lipinski definition) is 0. The Morgan fingerprint density at radius 3 is 2.82 bits per heavy atom. The topological polar surface area (TPSA) is 26.3 Å². The van der Waals surface area contributed by atoms with Crippen molar-refractivity contribution in [1.82, 2.24) is 0 Å². The molecule has 0 aromatic heterocycles. The summed E-state index contributed by atoms with van der Waals surface area (Å²) in [7, 11) is 0. The van der Waals surface area contributed by atoms with Crippen molar-refractivity contribution in [2.45, 2.75) is 53.4 Å². The van der Waals surface area contributed by atoms with Gasteiger partial charge in [0.05, 0.1) is 6.26 Å². The van der Waals surface area contributed by atoms with Gasteiger partial charge in [0.15, 0.2) is 0 Å². The standard InChI is InChI=1S/C15H24O2/c1-11(2)14-8-7-12(3)15(10-14)6-5-9-17-13(4)16/h5,9,11,14H,6-8,10H2,1-4H3/b9-5+. The van der Waals surface area contributed by atoms with Crippen LogP contribution in [0.25, 0.3) is 0 Å². The van der Waals surface area contributed by atoms with Crippen molar-refractivity contribution in [3.8, 4) is 0 Å². The molecule has 0 aromatic rings. The van der Waals surface area contributed by atoms with Crippen LogP contribution in [0.5, 0.6) is 0 Å². The van der Waals surface area contributed by atoms with E-state index in [4.69, 9.17) is 4.74 Å². The van der Waals surface area contributed by atoms with Crippen molar-refractivity contribution in [2.24, 2.45) is 11.8 Å². The molecule has 0 saturated heterocycles. The number of allylic oxidation sites excluding steroid dienone is 3. The SMILES string of the molecule is CC(=O)O/C=C/CC1=C(C)CCC(C(C)C)C1. The zero-order chi connectivity index (χ0) is 12.8. The number of carbonyl (C=O) groups is 1. The van der Waals surface area contributed by atoms with E-state index in [1.165, 1.54) is 43.6 Å². The maximum absolute atomic E-state index is 10.6. The second-order valence-corrected chi connectivity index (χ2v) is 5.32. The van der Waals surface area contributed by atoms with Gasteiger partial charge in [-0.25, -0.2) is 0 Å². The van der Waals surface area contributed by atoms with E-state index in [0.29, 0.717) is 0 Å². The number of ether oxygens (including phenoxy) is 1. The smallest absolute Gasteiger partial charge is 0.307 e. The molecule has 0 radical (unpaired) electrons. The molecule has 0 amide bonds. The Bertz CT molecular complexity index is 324. The third-order valence-electron chi connectivity index (χ3n) is 3.64. The summed E-state index contributed by atoms with van der Waals surface area (Å²) >= 11 is 0. The Kier molecular flexibility index (Phi) is 5.46. The van der Waals surface area contributed by atoms with Crippen molar-refractivity contribution in [2.75, 3.05) is 0 Å². The van der Waals surface area contributed by atoms with E-state index in [1.54, 1.807) is 0 Å². The number of hydrogen-bond acceptors (Lipinski definition) is 2. The van der Waals surface area contributed by atoms with E-state index in [-0.39, 0.29) is 5.97 Å². The number of carbonyl (C=O) groups excluding carboxylic acids is 1. The molecular formula is C15H24O2. The number of rotatable bonds is 4. The minimum atomic E-state index is -0.254. The van der Waals surface area contributed by atoms with Crippen LogP contribution in [-0.2, 0) is 9.53 Å². The molecule has 2 nitrogen and oxygen atoms in total. The zero-order valence-electron chi connectivity index (χ0n) is 11.5. The zero-order valence-corrected chi connectivity index (χ0v) is 11.5. The van der Waals surface area contributed by atoms with Gasteiger partial charge < -0.3 is 4.74 Å². The van der Waals surface area contributed by atoms with Crippen LogP contribution in [0.15, 0.2) is 23.5 Å². The Labute approximate surface area is 105 Å². The molecule has 96 valence electrons. The largest absolute Gasteiger partial charge is 0.435 e. The summed E-state index contributed by atoms with van der Waals surface area (Å²) in [6.45, 7) is 8.26. The van der Waals surface area contributed by atoms with Crippen LogP contribution in [0.1, 0.15) is 53.4 Å². The molecule has 1 rings (SSSR count). The van der Waals surface area contributed by atoms with Crippen molar-refractivity contribution < 1.29 is 9.53 Å². The van der Waals surface area contributed by atoms with Crippen molar-refractivity contribution in [1.29, 1.82) is 0 Å². The third-order valence-corrected chi connectivity index (χ3v) is 3.64. The molecule has 0 heterocycles. The highest BCUT2D eigenvalue weighted by Crippen LogP contribution is 2.35. The van der Waals surface area contributed by atoms with Gasteiger partial charge in [-0.2, -0.15) is 0 Å². The van der Waals surface area contributed by atoms with Gasteiger partial charge in [-0.15, -0.1) is 0 Å². The summed E-state index contributed by atoms with van der Waals surface area (Å²) in [6.07, 6.45) is 8.13. The molecule has 17 heavy (non-hydrogen) atoms. The van der Waals surface area contributed by atoms with Crippen molar-refractivity contribution >= 4 is 5.97 Å². The second kappa shape index (κ2) is 6.63. The average Bonchev–Trinajstić information content (AvgIpc) is 2.25. The fraction of sp³-hybridized carbons (Fsp3) is 0.667. The summed E-state index contributed by atoms with van der Waals surface area (Å²) in [5.41, 5.74) is 3.05. The minimum absolute atomic E-state index is 0.254. The van der Waals surface area contributed by atoms with Crippen molar-refractivity contribution in [3.63, 3.8) is 0 Å². The molecular weight excluding hydrogens is 212 g/mol. The molecule has 0 N–H and O–H groups in total. The maximum Gasteiger partial charge on any atom is 0.307 e. The van der Waals surface area contributed by atoms with Crippen LogP contribution in [0.4, 0.5) is 0 Å². The van der Waals surface area contributed by atoms with E-state index in [0.717, 1.165) is 18.3 Å². The molecule has 0 fully saturated rings. The Hall–Kier alpha value is -1.05. The normalized spacial score (nSPS) is 21.4. The van der Waals surface area contributed by atoms with Crippen LogP contribution in [0, 0.1) is 11.8 Å². The van der Waals surface area contributed by atoms with Crippen LogP contribution in [0.3, 0.4) is 0 Å². The third kappa shape index (κ3) is 4.76. The van der Waals surface area contributed by atoms with E-state index in [9.17, 15) is 4.79 Å². The van der Waals surface area contributed by atoms with Gasteiger partial charge in [0.1, 0.15) is 0 Å². The summed E-state index contributed by atoms with van der Waals surface area (Å²) in [5.74, 6) is 1.32. The lowest BCUT2D eigenvalue weighted by molar-refractivity contribution is -0.135. The van der Waals surface area contributed by atoms with Gasteiger partial charge in [0, 0.05) is 6.92 Å². The monoisotopic (exact) mass is 236 g/mol. The van der Waals surface area contributed by atoms with E-state index in [2.05, 4.69) is 20.8 Å². The highest BCUT2D eigenvalue weighted by molar-refractivity contribution is 5.66. The first-order chi connectivity index (χ1) is 8.00. The summed E-state index contributed by atoms with van der Waals surface area (Å²) in [5, 5.41) is 0.